The Bertz CT molecular complexity index is 674. The van der Waals surface area contributed by atoms with Crippen LogP contribution in [0.5, 0.6) is 0 Å². The van der Waals surface area contributed by atoms with E-state index >= 15 is 0 Å². The molecule has 1 aliphatic heterocycles. The first kappa shape index (κ1) is 14.3. The summed E-state index contributed by atoms with van der Waals surface area (Å²) in [5.74, 6) is -0.318. The minimum atomic E-state index is -0.318. The number of nitrogens with zero attached hydrogens (tertiary/aromatic N) is 2. The molecule has 0 spiro atoms. The molecule has 0 bridgehead atoms. The molecule has 2 aromatic rings. The summed E-state index contributed by atoms with van der Waals surface area (Å²) in [6.45, 7) is 4.51. The van der Waals surface area contributed by atoms with Crippen molar-refractivity contribution in [2.24, 2.45) is 7.05 Å². The van der Waals surface area contributed by atoms with Crippen LogP contribution in [0.3, 0.4) is 0 Å². The fourth-order valence-electron chi connectivity index (χ4n) is 2.87. The van der Waals surface area contributed by atoms with Gasteiger partial charge in [0, 0.05) is 46.4 Å². The van der Waals surface area contributed by atoms with Crippen molar-refractivity contribution in [1.82, 2.24) is 14.8 Å². The molecule has 3 rings (SSSR count). The number of nitrogens with one attached hydrogen (secondary N) is 1. The standard InChI is InChI=1S/C15H21N3O3/c1-17-13-7-11(3-4-14(13)21-15(17)19)9-18-6-5-16-8-12(18)10-20-2/h3-4,7,12,16H,5-6,8-10H2,1-2H3. The first-order chi connectivity index (χ1) is 10.2. The highest BCUT2D eigenvalue weighted by Crippen LogP contribution is 2.17. The van der Waals surface area contributed by atoms with Gasteiger partial charge in [-0.3, -0.25) is 9.47 Å². The SMILES string of the molecule is COCC1CNCCN1Cc1ccc2oc(=O)n(C)c2c1. The maximum Gasteiger partial charge on any atom is 0.419 e. The maximum absolute atomic E-state index is 11.5. The largest absolute Gasteiger partial charge is 0.419 e. The lowest BCUT2D eigenvalue weighted by molar-refractivity contribution is 0.0687. The summed E-state index contributed by atoms with van der Waals surface area (Å²) >= 11 is 0. The van der Waals surface area contributed by atoms with Crippen LogP contribution in [0.25, 0.3) is 11.1 Å². The Balaban J connectivity index is 1.83. The molecule has 1 N–H and O–H groups in total. The molecular weight excluding hydrogens is 270 g/mol. The number of ether oxygens (including phenoxy) is 1. The first-order valence-corrected chi connectivity index (χ1v) is 7.21. The topological polar surface area (TPSA) is 59.6 Å². The predicted octanol–water partition coefficient (Wildman–Crippen LogP) is 0.552. The van der Waals surface area contributed by atoms with Gasteiger partial charge in [0.05, 0.1) is 12.1 Å². The van der Waals surface area contributed by atoms with Crippen molar-refractivity contribution in [2.45, 2.75) is 12.6 Å². The number of benzene rings is 1. The monoisotopic (exact) mass is 291 g/mol. The van der Waals surface area contributed by atoms with Gasteiger partial charge in [-0.15, -0.1) is 0 Å². The second-order valence-electron chi connectivity index (χ2n) is 5.51. The molecule has 1 aliphatic rings. The van der Waals surface area contributed by atoms with E-state index in [1.165, 1.54) is 5.56 Å². The Morgan fingerprint density at radius 2 is 2.33 bits per heavy atom. The Hall–Kier alpha value is -1.63. The molecule has 1 atom stereocenters. The fraction of sp³-hybridized carbons (Fsp3) is 0.533. The Kier molecular flexibility index (Phi) is 4.10. The van der Waals surface area contributed by atoms with Crippen LogP contribution in [0.2, 0.25) is 0 Å². The van der Waals surface area contributed by atoms with Crippen molar-refractivity contribution >= 4 is 11.1 Å². The molecule has 0 aliphatic carbocycles. The van der Waals surface area contributed by atoms with Crippen molar-refractivity contribution in [3.63, 3.8) is 0 Å². The number of piperazine rings is 1. The zero-order valence-corrected chi connectivity index (χ0v) is 12.5. The molecule has 6 nitrogen and oxygen atoms in total. The Morgan fingerprint density at radius 3 is 3.14 bits per heavy atom. The van der Waals surface area contributed by atoms with Crippen LogP contribution >= 0.6 is 0 Å². The van der Waals surface area contributed by atoms with Crippen LogP contribution in [0.15, 0.2) is 27.4 Å². The van der Waals surface area contributed by atoms with Gasteiger partial charge in [-0.25, -0.2) is 4.79 Å². The molecule has 1 saturated heterocycles. The van der Waals surface area contributed by atoms with E-state index in [0.29, 0.717) is 11.6 Å². The van der Waals surface area contributed by atoms with Crippen molar-refractivity contribution in [3.8, 4) is 0 Å². The van der Waals surface area contributed by atoms with E-state index in [4.69, 9.17) is 9.15 Å². The van der Waals surface area contributed by atoms with Crippen LogP contribution in [0.4, 0.5) is 0 Å². The number of rotatable bonds is 4. The smallest absolute Gasteiger partial charge is 0.408 e. The molecule has 0 saturated carbocycles. The number of aryl methyl sites for hydroxylation is 1. The van der Waals surface area contributed by atoms with Crippen molar-refractivity contribution in [3.05, 3.63) is 34.3 Å². The zero-order valence-electron chi connectivity index (χ0n) is 12.5. The van der Waals surface area contributed by atoms with Crippen molar-refractivity contribution in [1.29, 1.82) is 0 Å². The predicted molar refractivity (Wildman–Crippen MR) is 80.4 cm³/mol. The summed E-state index contributed by atoms with van der Waals surface area (Å²) in [5.41, 5.74) is 2.66. The fourth-order valence-corrected chi connectivity index (χ4v) is 2.87. The average molecular weight is 291 g/mol. The van der Waals surface area contributed by atoms with E-state index in [2.05, 4.69) is 10.2 Å². The minimum absolute atomic E-state index is 0.318. The van der Waals surface area contributed by atoms with E-state index in [0.717, 1.165) is 38.3 Å². The van der Waals surface area contributed by atoms with Gasteiger partial charge in [0.1, 0.15) is 0 Å². The van der Waals surface area contributed by atoms with Gasteiger partial charge in [-0.2, -0.15) is 0 Å². The summed E-state index contributed by atoms with van der Waals surface area (Å²) in [6.07, 6.45) is 0. The third kappa shape index (κ3) is 2.88. The van der Waals surface area contributed by atoms with Crippen LogP contribution in [-0.4, -0.2) is 48.9 Å². The molecule has 1 aromatic carbocycles. The second kappa shape index (κ2) is 6.01. The van der Waals surface area contributed by atoms with Crippen molar-refractivity contribution in [2.75, 3.05) is 33.4 Å². The van der Waals surface area contributed by atoms with E-state index in [1.807, 2.05) is 18.2 Å². The third-order valence-electron chi connectivity index (χ3n) is 4.07. The normalized spacial score (nSPS) is 20.2. The van der Waals surface area contributed by atoms with E-state index in [1.54, 1.807) is 18.7 Å². The summed E-state index contributed by atoms with van der Waals surface area (Å²) < 4.78 is 12.0. The quantitative estimate of drug-likeness (QED) is 0.891. The van der Waals surface area contributed by atoms with Crippen LogP contribution in [0.1, 0.15) is 5.56 Å². The molecule has 1 fully saturated rings. The molecular formula is C15H21N3O3. The molecule has 1 unspecified atom stereocenters. The highest BCUT2D eigenvalue weighted by molar-refractivity contribution is 5.73. The molecule has 1 aromatic heterocycles. The Morgan fingerprint density at radius 1 is 1.48 bits per heavy atom. The third-order valence-corrected chi connectivity index (χ3v) is 4.07. The number of aromatic nitrogens is 1. The number of oxazole rings is 1. The lowest BCUT2D eigenvalue weighted by atomic mass is 10.1. The summed E-state index contributed by atoms with van der Waals surface area (Å²) in [4.78, 5) is 14.0. The van der Waals surface area contributed by atoms with Gasteiger partial charge in [0.25, 0.3) is 0 Å². The number of hydrogen-bond donors (Lipinski definition) is 1. The lowest BCUT2D eigenvalue weighted by Gasteiger charge is -2.35. The van der Waals surface area contributed by atoms with Crippen LogP contribution in [0, 0.1) is 0 Å². The van der Waals surface area contributed by atoms with Gasteiger partial charge in [-0.1, -0.05) is 6.07 Å². The van der Waals surface area contributed by atoms with Crippen molar-refractivity contribution < 1.29 is 9.15 Å². The summed E-state index contributed by atoms with van der Waals surface area (Å²) in [6, 6.07) is 6.32. The van der Waals surface area contributed by atoms with Crippen LogP contribution < -0.4 is 11.1 Å². The lowest BCUT2D eigenvalue weighted by Crippen LogP contribution is -2.52. The number of hydrogen-bond acceptors (Lipinski definition) is 5. The summed E-state index contributed by atoms with van der Waals surface area (Å²) in [5, 5.41) is 3.40. The van der Waals surface area contributed by atoms with E-state index in [-0.39, 0.29) is 5.76 Å². The van der Waals surface area contributed by atoms with Gasteiger partial charge in [0.15, 0.2) is 5.58 Å². The van der Waals surface area contributed by atoms with Gasteiger partial charge in [0.2, 0.25) is 0 Å². The molecule has 2 heterocycles. The van der Waals surface area contributed by atoms with Gasteiger partial charge < -0.3 is 14.5 Å². The highest BCUT2D eigenvalue weighted by Gasteiger charge is 2.22. The molecule has 0 amide bonds. The van der Waals surface area contributed by atoms with E-state index in [9.17, 15) is 4.79 Å². The van der Waals surface area contributed by atoms with Gasteiger partial charge >= 0.3 is 5.76 Å². The molecule has 114 valence electrons. The minimum Gasteiger partial charge on any atom is -0.408 e. The molecule has 0 radical (unpaired) electrons. The van der Waals surface area contributed by atoms with Crippen LogP contribution in [-0.2, 0) is 18.3 Å². The number of methoxy groups -OCH3 is 1. The van der Waals surface area contributed by atoms with E-state index < -0.39 is 0 Å². The first-order valence-electron chi connectivity index (χ1n) is 7.21. The maximum atomic E-state index is 11.5. The van der Waals surface area contributed by atoms with Gasteiger partial charge in [-0.05, 0) is 17.7 Å². The molecule has 21 heavy (non-hydrogen) atoms. The summed E-state index contributed by atoms with van der Waals surface area (Å²) in [7, 11) is 3.47. The zero-order chi connectivity index (χ0) is 14.8. The Labute approximate surface area is 123 Å². The average Bonchev–Trinajstić information content (AvgIpc) is 2.77. The highest BCUT2D eigenvalue weighted by atomic mass is 16.5. The second-order valence-corrected chi connectivity index (χ2v) is 5.51. The molecule has 6 heteroatoms. The number of fused-ring (bicyclic) bond motifs is 1.